The summed E-state index contributed by atoms with van der Waals surface area (Å²) in [6.07, 6.45) is 0. The minimum Gasteiger partial charge on any atom is -0.493 e. The van der Waals surface area contributed by atoms with Gasteiger partial charge in [0.25, 0.3) is 0 Å². The molecule has 2 rings (SSSR count). The van der Waals surface area contributed by atoms with Crippen LogP contribution in [0, 0.1) is 5.82 Å². The molecule has 0 atom stereocenters. The first-order valence-electron chi connectivity index (χ1n) is 7.89. The minimum absolute atomic E-state index is 0.183. The van der Waals surface area contributed by atoms with Crippen molar-refractivity contribution in [3.8, 4) is 5.75 Å². The number of nitrogens with two attached hydrogens (primary N) is 1. The third-order valence-corrected chi connectivity index (χ3v) is 4.52. The number of sulfonamides is 1. The zero-order valence-corrected chi connectivity index (χ0v) is 15.5. The Hall–Kier alpha value is -2.78. The van der Waals surface area contributed by atoms with Gasteiger partial charge in [-0.3, -0.25) is 4.79 Å². The summed E-state index contributed by atoms with van der Waals surface area (Å²) in [5, 5.41) is 4.99. The van der Waals surface area contributed by atoms with Crippen molar-refractivity contribution in [1.82, 2.24) is 0 Å². The van der Waals surface area contributed by atoms with Crippen molar-refractivity contribution in [1.29, 1.82) is 0 Å². The van der Waals surface area contributed by atoms with Crippen molar-refractivity contribution >= 4 is 21.8 Å². The smallest absolute Gasteiger partial charge is 0.341 e. The number of ketones is 1. The van der Waals surface area contributed by atoms with Crippen LogP contribution in [0.25, 0.3) is 0 Å². The normalized spacial score (nSPS) is 11.1. The highest BCUT2D eigenvalue weighted by Crippen LogP contribution is 2.23. The summed E-state index contributed by atoms with van der Waals surface area (Å²) in [5.74, 6) is -1.80. The molecule has 7 nitrogen and oxygen atoms in total. The Morgan fingerprint density at radius 1 is 1.15 bits per heavy atom. The predicted molar refractivity (Wildman–Crippen MR) is 94.5 cm³/mol. The Labute approximate surface area is 155 Å². The molecule has 0 saturated carbocycles. The first-order valence-corrected chi connectivity index (χ1v) is 9.44. The van der Waals surface area contributed by atoms with Gasteiger partial charge in [-0.15, -0.1) is 0 Å². The first-order chi connectivity index (χ1) is 12.6. The zero-order chi connectivity index (χ0) is 20.2. The molecular weight excluding hydrogens is 377 g/mol. The molecule has 0 aromatic heterocycles. The Balaban J connectivity index is 2.27. The number of esters is 1. The van der Waals surface area contributed by atoms with Gasteiger partial charge in [0.15, 0.2) is 5.78 Å². The second-order valence-electron chi connectivity index (χ2n) is 5.57. The lowest BCUT2D eigenvalue weighted by Crippen LogP contribution is -2.15. The van der Waals surface area contributed by atoms with E-state index in [0.717, 1.165) is 18.2 Å². The van der Waals surface area contributed by atoms with Crippen LogP contribution in [-0.4, -0.2) is 26.8 Å². The minimum atomic E-state index is -4.10. The highest BCUT2D eigenvalue weighted by molar-refractivity contribution is 7.89. The van der Waals surface area contributed by atoms with Crippen molar-refractivity contribution in [3.05, 3.63) is 58.9 Å². The molecule has 0 heterocycles. The summed E-state index contributed by atoms with van der Waals surface area (Å²) >= 11 is 0. The largest absolute Gasteiger partial charge is 0.493 e. The van der Waals surface area contributed by atoms with Crippen LogP contribution < -0.4 is 9.88 Å². The highest BCUT2D eigenvalue weighted by atomic mass is 32.2. The molecule has 0 aliphatic carbocycles. The van der Waals surface area contributed by atoms with Crippen molar-refractivity contribution in [2.75, 3.05) is 6.61 Å². The van der Waals surface area contributed by atoms with Gasteiger partial charge < -0.3 is 9.47 Å². The maximum atomic E-state index is 13.9. The fraction of sp³-hybridized carbons (Fsp3) is 0.222. The lowest BCUT2D eigenvalue weighted by Gasteiger charge is -2.12. The molecule has 2 aromatic rings. The summed E-state index contributed by atoms with van der Waals surface area (Å²) < 4.78 is 47.1. The van der Waals surface area contributed by atoms with Crippen LogP contribution in [0.5, 0.6) is 5.75 Å². The van der Waals surface area contributed by atoms with Gasteiger partial charge in [0.1, 0.15) is 18.2 Å². The van der Waals surface area contributed by atoms with Gasteiger partial charge in [-0.05, 0) is 50.2 Å². The van der Waals surface area contributed by atoms with Gasteiger partial charge in [-0.2, -0.15) is 0 Å². The van der Waals surface area contributed by atoms with Crippen LogP contribution in [0.1, 0.15) is 40.1 Å². The van der Waals surface area contributed by atoms with E-state index in [2.05, 4.69) is 0 Å². The molecule has 0 fully saturated rings. The molecule has 0 unspecified atom stereocenters. The van der Waals surface area contributed by atoms with E-state index >= 15 is 0 Å². The summed E-state index contributed by atoms with van der Waals surface area (Å²) in [4.78, 5) is 23.3. The second-order valence-corrected chi connectivity index (χ2v) is 7.14. The summed E-state index contributed by atoms with van der Waals surface area (Å²) in [6, 6.07) is 7.24. The molecule has 2 N–H and O–H groups in total. The van der Waals surface area contributed by atoms with E-state index in [1.54, 1.807) is 19.1 Å². The van der Waals surface area contributed by atoms with E-state index < -0.39 is 32.3 Å². The molecule has 0 aliphatic rings. The molecular formula is C18H18FNO6S. The molecule has 0 aliphatic heterocycles. The number of carbonyl (C=O) groups is 2. The number of hydrogen-bond acceptors (Lipinski definition) is 6. The Morgan fingerprint density at radius 2 is 1.85 bits per heavy atom. The monoisotopic (exact) mass is 395 g/mol. The van der Waals surface area contributed by atoms with Crippen molar-refractivity contribution in [2.45, 2.75) is 25.3 Å². The van der Waals surface area contributed by atoms with Crippen LogP contribution in [-0.2, 0) is 21.4 Å². The van der Waals surface area contributed by atoms with Gasteiger partial charge in [0.05, 0.1) is 17.1 Å². The van der Waals surface area contributed by atoms with Gasteiger partial charge >= 0.3 is 5.97 Å². The number of hydrogen-bond donors (Lipinski definition) is 1. The number of ether oxygens (including phenoxy) is 2. The van der Waals surface area contributed by atoms with Crippen LogP contribution in [0.3, 0.4) is 0 Å². The number of halogens is 1. The standard InChI is InChI=1S/C18H18FNO6S/c1-3-25-17-7-4-12(11(2)21)8-13(17)10-26-18(22)15-9-14(27(20,23)24)5-6-16(15)19/h4-9H,3,10H2,1-2H3,(H2,20,23,24). The Bertz CT molecular complexity index is 987. The molecule has 0 amide bonds. The maximum absolute atomic E-state index is 13.9. The average molecular weight is 395 g/mol. The molecule has 0 radical (unpaired) electrons. The third kappa shape index (κ3) is 5.11. The van der Waals surface area contributed by atoms with Crippen LogP contribution in [0.15, 0.2) is 41.3 Å². The fourth-order valence-electron chi connectivity index (χ4n) is 2.27. The molecule has 144 valence electrons. The number of rotatable bonds is 7. The number of benzene rings is 2. The van der Waals surface area contributed by atoms with E-state index in [-0.39, 0.29) is 12.4 Å². The molecule has 0 saturated heterocycles. The molecule has 0 spiro atoms. The van der Waals surface area contributed by atoms with E-state index in [1.807, 2.05) is 0 Å². The van der Waals surface area contributed by atoms with Crippen molar-refractivity contribution < 1.29 is 31.9 Å². The Kier molecular flexibility index (Phi) is 6.29. The average Bonchev–Trinajstić information content (AvgIpc) is 2.60. The van der Waals surface area contributed by atoms with Gasteiger partial charge in [-0.25, -0.2) is 22.7 Å². The van der Waals surface area contributed by atoms with E-state index in [9.17, 15) is 22.4 Å². The topological polar surface area (TPSA) is 113 Å². The molecule has 0 bridgehead atoms. The van der Waals surface area contributed by atoms with Crippen LogP contribution in [0.2, 0.25) is 0 Å². The first kappa shape index (κ1) is 20.5. The Morgan fingerprint density at radius 3 is 2.44 bits per heavy atom. The number of Topliss-reactive ketones (excluding diaryl/α,β-unsaturated/α-hetero) is 1. The summed E-state index contributed by atoms with van der Waals surface area (Å²) in [7, 11) is -4.10. The third-order valence-electron chi connectivity index (χ3n) is 3.61. The fourth-order valence-corrected chi connectivity index (χ4v) is 2.81. The second kappa shape index (κ2) is 8.28. The number of carbonyl (C=O) groups excluding carboxylic acids is 2. The zero-order valence-electron chi connectivity index (χ0n) is 14.7. The summed E-state index contributed by atoms with van der Waals surface area (Å²) in [5.41, 5.74) is 0.245. The SMILES string of the molecule is CCOc1ccc(C(C)=O)cc1COC(=O)c1cc(S(N)(=O)=O)ccc1F. The van der Waals surface area contributed by atoms with Gasteiger partial charge in [0.2, 0.25) is 10.0 Å². The molecule has 2 aromatic carbocycles. The molecule has 9 heteroatoms. The predicted octanol–water partition coefficient (Wildman–Crippen LogP) is 2.43. The molecule has 27 heavy (non-hydrogen) atoms. The van der Waals surface area contributed by atoms with Crippen LogP contribution in [0.4, 0.5) is 4.39 Å². The van der Waals surface area contributed by atoms with E-state index in [0.29, 0.717) is 23.5 Å². The lowest BCUT2D eigenvalue weighted by molar-refractivity contribution is 0.0464. The van der Waals surface area contributed by atoms with Gasteiger partial charge in [-0.1, -0.05) is 0 Å². The number of primary sulfonamides is 1. The van der Waals surface area contributed by atoms with E-state index in [1.165, 1.54) is 13.0 Å². The van der Waals surface area contributed by atoms with E-state index in [4.69, 9.17) is 14.6 Å². The van der Waals surface area contributed by atoms with Gasteiger partial charge in [0, 0.05) is 11.1 Å². The van der Waals surface area contributed by atoms with Crippen molar-refractivity contribution in [3.63, 3.8) is 0 Å². The van der Waals surface area contributed by atoms with Crippen LogP contribution >= 0.6 is 0 Å². The lowest BCUT2D eigenvalue weighted by atomic mass is 10.1. The van der Waals surface area contributed by atoms with Crippen molar-refractivity contribution in [2.24, 2.45) is 5.14 Å². The quantitative estimate of drug-likeness (QED) is 0.569. The summed E-state index contributed by atoms with van der Waals surface area (Å²) in [6.45, 7) is 3.21. The maximum Gasteiger partial charge on any atom is 0.341 e. The highest BCUT2D eigenvalue weighted by Gasteiger charge is 2.19.